The van der Waals surface area contributed by atoms with Crippen molar-refractivity contribution in [2.75, 3.05) is 18.0 Å². The number of benzene rings is 1. The average Bonchev–Trinajstić information content (AvgIpc) is 2.56. The molecule has 3 rings (SSSR count). The molecule has 0 radical (unpaired) electrons. The minimum absolute atomic E-state index is 0.731. The number of anilines is 1. The zero-order valence-corrected chi connectivity index (χ0v) is 12.7. The Morgan fingerprint density at radius 3 is 2.45 bits per heavy atom. The maximum absolute atomic E-state index is 7.37. The quantitative estimate of drug-likeness (QED) is 0.648. The summed E-state index contributed by atoms with van der Waals surface area (Å²) in [5.41, 5.74) is 1.78. The monoisotopic (exact) mass is 288 g/mol. The third kappa shape index (κ3) is 2.52. The van der Waals surface area contributed by atoms with Crippen LogP contribution in [0.25, 0.3) is 4.85 Å². The molecule has 3 heteroatoms. The standard InChI is InChI=1S/C17H21ClN2/c1-12-13-5-3-4-6-14(12)11-20(10-13)17-9-15(18)7-8-16(17)19-2/h7-9,12-14H,3-6,10-11H2,1H3. The highest BCUT2D eigenvalue weighted by Gasteiger charge is 2.35. The lowest BCUT2D eigenvalue weighted by molar-refractivity contribution is 0.214. The molecule has 20 heavy (non-hydrogen) atoms. The summed E-state index contributed by atoms with van der Waals surface area (Å²) in [5.74, 6) is 2.37. The van der Waals surface area contributed by atoms with E-state index in [1.165, 1.54) is 25.7 Å². The normalized spacial score (nSPS) is 29.6. The zero-order valence-electron chi connectivity index (χ0n) is 12.0. The van der Waals surface area contributed by atoms with Crippen LogP contribution in [0, 0.1) is 24.3 Å². The number of hydrogen-bond donors (Lipinski definition) is 0. The molecule has 2 unspecified atom stereocenters. The van der Waals surface area contributed by atoms with Gasteiger partial charge >= 0.3 is 0 Å². The van der Waals surface area contributed by atoms with E-state index in [4.69, 9.17) is 18.2 Å². The number of nitrogens with zero attached hydrogens (tertiary/aromatic N) is 2. The molecule has 0 aromatic heterocycles. The molecule has 1 aliphatic carbocycles. The second-order valence-electron chi connectivity index (χ2n) is 6.31. The second kappa shape index (κ2) is 5.66. The van der Waals surface area contributed by atoms with Gasteiger partial charge in [-0.05, 0) is 36.7 Å². The van der Waals surface area contributed by atoms with Crippen LogP contribution in [0.2, 0.25) is 5.02 Å². The third-order valence-corrected chi connectivity index (χ3v) is 5.43. The van der Waals surface area contributed by atoms with E-state index in [0.29, 0.717) is 0 Å². The summed E-state index contributed by atoms with van der Waals surface area (Å²) in [6.45, 7) is 12.0. The molecule has 2 aliphatic rings. The fraction of sp³-hybridized carbons (Fsp3) is 0.588. The first kappa shape index (κ1) is 13.8. The van der Waals surface area contributed by atoms with E-state index >= 15 is 0 Å². The molecule has 0 spiro atoms. The molecule has 0 N–H and O–H groups in total. The number of halogens is 1. The van der Waals surface area contributed by atoms with E-state index in [-0.39, 0.29) is 0 Å². The number of piperidine rings is 1. The smallest absolute Gasteiger partial charge is 0.209 e. The first-order valence-electron chi connectivity index (χ1n) is 7.61. The summed E-state index contributed by atoms with van der Waals surface area (Å²) in [4.78, 5) is 6.09. The molecule has 0 amide bonds. The van der Waals surface area contributed by atoms with Crippen molar-refractivity contribution in [3.8, 4) is 0 Å². The molecule has 1 saturated carbocycles. The molecule has 2 nitrogen and oxygen atoms in total. The van der Waals surface area contributed by atoms with Crippen LogP contribution in [0.15, 0.2) is 18.2 Å². The molecule has 1 aromatic carbocycles. The topological polar surface area (TPSA) is 7.60 Å². The van der Waals surface area contributed by atoms with E-state index in [1.54, 1.807) is 0 Å². The molecule has 1 heterocycles. The highest BCUT2D eigenvalue weighted by Crippen LogP contribution is 2.42. The van der Waals surface area contributed by atoms with Gasteiger partial charge in [-0.1, -0.05) is 43.5 Å². The van der Waals surface area contributed by atoms with Crippen molar-refractivity contribution in [3.63, 3.8) is 0 Å². The van der Waals surface area contributed by atoms with Crippen LogP contribution in [-0.4, -0.2) is 13.1 Å². The third-order valence-electron chi connectivity index (χ3n) is 5.20. The number of fused-ring (bicyclic) bond motifs is 2. The van der Waals surface area contributed by atoms with Crippen LogP contribution < -0.4 is 4.90 Å². The summed E-state index contributed by atoms with van der Waals surface area (Å²) >= 11 is 6.15. The van der Waals surface area contributed by atoms with Crippen LogP contribution in [0.5, 0.6) is 0 Å². The van der Waals surface area contributed by atoms with Gasteiger partial charge in [-0.3, -0.25) is 0 Å². The predicted octanol–water partition coefficient (Wildman–Crippen LogP) is 5.15. The van der Waals surface area contributed by atoms with Gasteiger partial charge in [0.2, 0.25) is 5.69 Å². The van der Waals surface area contributed by atoms with Crippen molar-refractivity contribution >= 4 is 23.0 Å². The predicted molar refractivity (Wildman–Crippen MR) is 84.5 cm³/mol. The van der Waals surface area contributed by atoms with Gasteiger partial charge in [0, 0.05) is 23.8 Å². The Hall–Kier alpha value is -1.20. The van der Waals surface area contributed by atoms with E-state index in [2.05, 4.69) is 16.7 Å². The van der Waals surface area contributed by atoms with Gasteiger partial charge in [-0.15, -0.1) is 0 Å². The van der Waals surface area contributed by atoms with E-state index in [0.717, 1.165) is 47.2 Å². The lowest BCUT2D eigenvalue weighted by Crippen LogP contribution is -2.44. The minimum atomic E-state index is 0.731. The fourth-order valence-electron chi connectivity index (χ4n) is 3.92. The minimum Gasteiger partial charge on any atom is -0.380 e. The van der Waals surface area contributed by atoms with Gasteiger partial charge in [0.05, 0.1) is 6.57 Å². The molecule has 2 bridgehead atoms. The summed E-state index contributed by atoms with van der Waals surface area (Å²) in [7, 11) is 0. The Morgan fingerprint density at radius 1 is 1.20 bits per heavy atom. The van der Waals surface area contributed by atoms with Gasteiger partial charge in [0.1, 0.15) is 0 Å². The zero-order chi connectivity index (χ0) is 14.1. The maximum Gasteiger partial charge on any atom is 0.209 e. The first-order valence-corrected chi connectivity index (χ1v) is 7.99. The summed E-state index contributed by atoms with van der Waals surface area (Å²) < 4.78 is 0. The van der Waals surface area contributed by atoms with Gasteiger partial charge in [-0.2, -0.15) is 0 Å². The first-order chi connectivity index (χ1) is 9.69. The Kier molecular flexibility index (Phi) is 3.89. The van der Waals surface area contributed by atoms with Gasteiger partial charge < -0.3 is 4.90 Å². The number of rotatable bonds is 1. The van der Waals surface area contributed by atoms with Gasteiger partial charge in [-0.25, -0.2) is 4.85 Å². The van der Waals surface area contributed by atoms with Crippen LogP contribution in [0.1, 0.15) is 32.6 Å². The largest absolute Gasteiger partial charge is 0.380 e. The van der Waals surface area contributed by atoms with E-state index in [1.807, 2.05) is 18.2 Å². The van der Waals surface area contributed by atoms with Gasteiger partial charge in [0.15, 0.2) is 0 Å². The molecule has 1 saturated heterocycles. The Morgan fingerprint density at radius 2 is 1.85 bits per heavy atom. The maximum atomic E-state index is 7.37. The van der Waals surface area contributed by atoms with Crippen molar-refractivity contribution in [1.29, 1.82) is 0 Å². The second-order valence-corrected chi connectivity index (χ2v) is 6.75. The molecule has 2 atom stereocenters. The summed E-state index contributed by atoms with van der Waals surface area (Å²) in [6, 6.07) is 5.64. The van der Waals surface area contributed by atoms with E-state index in [9.17, 15) is 0 Å². The SMILES string of the molecule is [C-]#[N+]c1ccc(Cl)cc1N1CC2CCCCC(C1)C2C. The van der Waals surface area contributed by atoms with Crippen molar-refractivity contribution in [3.05, 3.63) is 34.6 Å². The molecular formula is C17H21ClN2. The van der Waals surface area contributed by atoms with Gasteiger partial charge in [0.25, 0.3) is 0 Å². The average molecular weight is 289 g/mol. The Labute approximate surface area is 126 Å². The fourth-order valence-corrected chi connectivity index (χ4v) is 4.09. The lowest BCUT2D eigenvalue weighted by Gasteiger charge is -2.43. The van der Waals surface area contributed by atoms with E-state index < -0.39 is 0 Å². The van der Waals surface area contributed by atoms with Crippen LogP contribution in [0.3, 0.4) is 0 Å². The van der Waals surface area contributed by atoms with Crippen molar-refractivity contribution < 1.29 is 0 Å². The van der Waals surface area contributed by atoms with Crippen molar-refractivity contribution in [2.24, 2.45) is 17.8 Å². The Bertz CT molecular complexity index is 518. The van der Waals surface area contributed by atoms with Crippen LogP contribution >= 0.6 is 11.6 Å². The van der Waals surface area contributed by atoms with Crippen molar-refractivity contribution in [2.45, 2.75) is 32.6 Å². The summed E-state index contributed by atoms with van der Waals surface area (Å²) in [6.07, 6.45) is 5.40. The molecule has 1 aromatic rings. The number of hydrogen-bond acceptors (Lipinski definition) is 1. The molecule has 1 aliphatic heterocycles. The Balaban J connectivity index is 1.92. The highest BCUT2D eigenvalue weighted by molar-refractivity contribution is 6.31. The highest BCUT2D eigenvalue weighted by atomic mass is 35.5. The molecule has 106 valence electrons. The molecular weight excluding hydrogens is 268 g/mol. The summed E-state index contributed by atoms with van der Waals surface area (Å²) in [5, 5.41) is 0.731. The van der Waals surface area contributed by atoms with Crippen LogP contribution in [0.4, 0.5) is 11.4 Å². The molecule has 2 fully saturated rings. The lowest BCUT2D eigenvalue weighted by atomic mass is 9.78. The van der Waals surface area contributed by atoms with Crippen molar-refractivity contribution in [1.82, 2.24) is 0 Å². The van der Waals surface area contributed by atoms with Crippen LogP contribution in [-0.2, 0) is 0 Å².